The molecule has 17 heavy (non-hydrogen) atoms. The van der Waals surface area contributed by atoms with E-state index in [0.29, 0.717) is 6.04 Å². The summed E-state index contributed by atoms with van der Waals surface area (Å²) in [5.74, 6) is 0.779. The zero-order valence-electron chi connectivity index (χ0n) is 11.5. The van der Waals surface area contributed by atoms with Crippen molar-refractivity contribution in [3.05, 3.63) is 23.8 Å². The van der Waals surface area contributed by atoms with Crippen molar-refractivity contribution < 1.29 is 0 Å². The van der Waals surface area contributed by atoms with Crippen LogP contribution in [-0.2, 0) is 0 Å². The third kappa shape index (κ3) is 5.26. The van der Waals surface area contributed by atoms with Gasteiger partial charge in [-0.25, -0.2) is 0 Å². The molecule has 0 fully saturated rings. The molecule has 3 nitrogen and oxygen atoms in total. The minimum absolute atomic E-state index is 0.354. The number of aryl methyl sites for hydroxylation is 1. The third-order valence-corrected chi connectivity index (χ3v) is 2.88. The maximum atomic E-state index is 4.47. The van der Waals surface area contributed by atoms with Crippen LogP contribution in [0, 0.1) is 12.8 Å². The van der Waals surface area contributed by atoms with E-state index in [0.717, 1.165) is 30.3 Å². The summed E-state index contributed by atoms with van der Waals surface area (Å²) in [5.41, 5.74) is 2.05. The predicted molar refractivity (Wildman–Crippen MR) is 71.9 cm³/mol. The van der Waals surface area contributed by atoms with Gasteiger partial charge in [0.2, 0.25) is 0 Å². The fourth-order valence-electron chi connectivity index (χ4n) is 1.91. The molecule has 1 aromatic rings. The molecule has 1 unspecified atom stereocenters. The molecule has 0 saturated carbocycles. The molecule has 96 valence electrons. The van der Waals surface area contributed by atoms with Crippen molar-refractivity contribution in [2.45, 2.75) is 53.0 Å². The molecule has 0 aliphatic carbocycles. The molecule has 0 bridgehead atoms. The lowest BCUT2D eigenvalue weighted by molar-refractivity contribution is 0.447. The zero-order valence-corrected chi connectivity index (χ0v) is 11.5. The molecule has 0 aliphatic rings. The van der Waals surface area contributed by atoms with E-state index in [1.807, 2.05) is 19.3 Å². The van der Waals surface area contributed by atoms with E-state index in [1.165, 1.54) is 12.8 Å². The lowest BCUT2D eigenvalue weighted by Gasteiger charge is -2.17. The molecule has 0 spiro atoms. The molecule has 1 N–H and O–H groups in total. The molecule has 0 aliphatic heterocycles. The number of aromatic nitrogens is 2. The van der Waals surface area contributed by atoms with Crippen molar-refractivity contribution in [2.24, 2.45) is 5.92 Å². The van der Waals surface area contributed by atoms with Crippen molar-refractivity contribution >= 4 is 0 Å². The highest BCUT2D eigenvalue weighted by molar-refractivity contribution is 5.05. The summed E-state index contributed by atoms with van der Waals surface area (Å²) in [6, 6.07) is 0.354. The van der Waals surface area contributed by atoms with Gasteiger partial charge in [0, 0.05) is 6.20 Å². The van der Waals surface area contributed by atoms with Gasteiger partial charge < -0.3 is 5.32 Å². The molecular formula is C14H25N3. The molecule has 1 atom stereocenters. The second-order valence-corrected chi connectivity index (χ2v) is 5.02. The summed E-state index contributed by atoms with van der Waals surface area (Å²) in [5, 5.41) is 3.49. The van der Waals surface area contributed by atoms with Crippen LogP contribution in [0.5, 0.6) is 0 Å². The summed E-state index contributed by atoms with van der Waals surface area (Å²) < 4.78 is 0. The summed E-state index contributed by atoms with van der Waals surface area (Å²) in [6.07, 6.45) is 7.41. The topological polar surface area (TPSA) is 37.8 Å². The average Bonchev–Trinajstić information content (AvgIpc) is 2.29. The normalized spacial score (nSPS) is 13.0. The highest BCUT2D eigenvalue weighted by Gasteiger charge is 2.11. The van der Waals surface area contributed by atoms with Crippen molar-refractivity contribution in [3.8, 4) is 0 Å². The van der Waals surface area contributed by atoms with Gasteiger partial charge in [-0.3, -0.25) is 9.97 Å². The molecule has 0 radical (unpaired) electrons. The van der Waals surface area contributed by atoms with Crippen molar-refractivity contribution in [2.75, 3.05) is 6.54 Å². The van der Waals surface area contributed by atoms with Gasteiger partial charge in [-0.05, 0) is 25.8 Å². The van der Waals surface area contributed by atoms with Crippen LogP contribution < -0.4 is 5.32 Å². The van der Waals surface area contributed by atoms with Crippen LogP contribution in [0.25, 0.3) is 0 Å². The Labute approximate surface area is 105 Å². The Balaban J connectivity index is 2.55. The summed E-state index contributed by atoms with van der Waals surface area (Å²) >= 11 is 0. The lowest BCUT2D eigenvalue weighted by Crippen LogP contribution is -2.22. The van der Waals surface area contributed by atoms with Gasteiger partial charge in [0.25, 0.3) is 0 Å². The highest BCUT2D eigenvalue weighted by atomic mass is 14.9. The second kappa shape index (κ2) is 7.38. The Morgan fingerprint density at radius 3 is 2.47 bits per heavy atom. The smallest absolute Gasteiger partial charge is 0.0756 e. The molecule has 3 heteroatoms. The minimum Gasteiger partial charge on any atom is -0.309 e. The van der Waals surface area contributed by atoms with Crippen LogP contribution in [0.2, 0.25) is 0 Å². The Morgan fingerprint density at radius 2 is 1.94 bits per heavy atom. The average molecular weight is 235 g/mol. The summed E-state index contributed by atoms with van der Waals surface area (Å²) in [6.45, 7) is 9.62. The van der Waals surface area contributed by atoms with E-state index >= 15 is 0 Å². The predicted octanol–water partition coefficient (Wildman–Crippen LogP) is 3.26. The SMILES string of the molecule is CCNC(CCCC(C)C)c1cnc(C)cn1. The monoisotopic (exact) mass is 235 g/mol. The number of hydrogen-bond acceptors (Lipinski definition) is 3. The molecular weight excluding hydrogens is 210 g/mol. The van der Waals surface area contributed by atoms with Crippen LogP contribution in [-0.4, -0.2) is 16.5 Å². The van der Waals surface area contributed by atoms with E-state index in [1.54, 1.807) is 0 Å². The lowest BCUT2D eigenvalue weighted by atomic mass is 10.0. The Morgan fingerprint density at radius 1 is 1.18 bits per heavy atom. The standard InChI is InChI=1S/C14H25N3/c1-5-15-13(8-6-7-11(2)3)14-10-16-12(4)9-17-14/h9-11,13,15H,5-8H2,1-4H3. The molecule has 1 rings (SSSR count). The third-order valence-electron chi connectivity index (χ3n) is 2.88. The molecule has 0 aromatic carbocycles. The van der Waals surface area contributed by atoms with Crippen molar-refractivity contribution in [1.29, 1.82) is 0 Å². The first kappa shape index (κ1) is 14.1. The van der Waals surface area contributed by atoms with Gasteiger partial charge in [-0.1, -0.05) is 33.6 Å². The van der Waals surface area contributed by atoms with E-state index in [4.69, 9.17) is 0 Å². The summed E-state index contributed by atoms with van der Waals surface area (Å²) in [4.78, 5) is 8.79. The fraction of sp³-hybridized carbons (Fsp3) is 0.714. The largest absolute Gasteiger partial charge is 0.309 e. The molecule has 1 aromatic heterocycles. The summed E-state index contributed by atoms with van der Waals surface area (Å²) in [7, 11) is 0. The Kier molecular flexibility index (Phi) is 6.12. The maximum absolute atomic E-state index is 4.47. The van der Waals surface area contributed by atoms with E-state index in [9.17, 15) is 0 Å². The number of nitrogens with zero attached hydrogens (tertiary/aromatic N) is 2. The Hall–Kier alpha value is -0.960. The van der Waals surface area contributed by atoms with Crippen molar-refractivity contribution in [3.63, 3.8) is 0 Å². The maximum Gasteiger partial charge on any atom is 0.0756 e. The molecule has 1 heterocycles. The number of nitrogens with one attached hydrogen (secondary N) is 1. The van der Waals surface area contributed by atoms with Crippen LogP contribution >= 0.6 is 0 Å². The minimum atomic E-state index is 0.354. The van der Waals surface area contributed by atoms with E-state index in [-0.39, 0.29) is 0 Å². The fourth-order valence-corrected chi connectivity index (χ4v) is 1.91. The highest BCUT2D eigenvalue weighted by Crippen LogP contribution is 2.18. The van der Waals surface area contributed by atoms with Crippen molar-refractivity contribution in [1.82, 2.24) is 15.3 Å². The quantitative estimate of drug-likeness (QED) is 0.788. The van der Waals surface area contributed by atoms with E-state index < -0.39 is 0 Å². The van der Waals surface area contributed by atoms with Gasteiger partial charge in [0.1, 0.15) is 0 Å². The van der Waals surface area contributed by atoms with E-state index in [2.05, 4.69) is 36.1 Å². The first-order valence-corrected chi connectivity index (χ1v) is 6.65. The van der Waals surface area contributed by atoms with Gasteiger partial charge in [0.05, 0.1) is 23.6 Å². The van der Waals surface area contributed by atoms with Gasteiger partial charge in [0.15, 0.2) is 0 Å². The molecule has 0 amide bonds. The van der Waals surface area contributed by atoms with Gasteiger partial charge in [-0.15, -0.1) is 0 Å². The number of hydrogen-bond donors (Lipinski definition) is 1. The number of rotatable bonds is 7. The Bertz CT molecular complexity index is 306. The van der Waals surface area contributed by atoms with Crippen LogP contribution in [0.15, 0.2) is 12.4 Å². The van der Waals surface area contributed by atoms with Gasteiger partial charge in [-0.2, -0.15) is 0 Å². The van der Waals surface area contributed by atoms with Crippen LogP contribution in [0.1, 0.15) is 57.5 Å². The first-order valence-electron chi connectivity index (χ1n) is 6.65. The van der Waals surface area contributed by atoms with Gasteiger partial charge >= 0.3 is 0 Å². The second-order valence-electron chi connectivity index (χ2n) is 5.02. The zero-order chi connectivity index (χ0) is 12.7. The van der Waals surface area contributed by atoms with Crippen LogP contribution in [0.3, 0.4) is 0 Å². The van der Waals surface area contributed by atoms with Crippen LogP contribution in [0.4, 0.5) is 0 Å². The molecule has 0 saturated heterocycles. The first-order chi connectivity index (χ1) is 8.13.